The van der Waals surface area contributed by atoms with Crippen LogP contribution in [0.2, 0.25) is 0 Å². The molecule has 0 aliphatic carbocycles. The number of rotatable bonds is 3. The number of aromatic nitrogens is 2. The number of nitrogens with zero attached hydrogens (tertiary/aromatic N) is 5. The maximum Gasteiger partial charge on any atom is 0.321 e. The molecule has 31 heavy (non-hydrogen) atoms. The molecule has 0 radical (unpaired) electrons. The van der Waals surface area contributed by atoms with Crippen molar-refractivity contribution in [2.24, 2.45) is 0 Å². The summed E-state index contributed by atoms with van der Waals surface area (Å²) in [6, 6.07) is 16.1. The fraction of sp³-hybridized carbons (Fsp3) is 0.348. The van der Waals surface area contributed by atoms with Gasteiger partial charge in [0.25, 0.3) is 0 Å². The Labute approximate surface area is 181 Å². The van der Waals surface area contributed by atoms with Crippen molar-refractivity contribution < 1.29 is 9.53 Å². The molecule has 160 valence electrons. The van der Waals surface area contributed by atoms with E-state index in [9.17, 15) is 4.79 Å². The molecule has 0 unspecified atom stereocenters. The number of nitrogens with one attached hydrogen (secondary N) is 1. The second-order valence-corrected chi connectivity index (χ2v) is 7.80. The molecule has 2 aromatic carbocycles. The van der Waals surface area contributed by atoms with Crippen molar-refractivity contribution in [3.63, 3.8) is 0 Å². The molecule has 3 heterocycles. The van der Waals surface area contributed by atoms with Gasteiger partial charge in [0.2, 0.25) is 0 Å². The number of hydrogen-bond donors (Lipinski definition) is 1. The van der Waals surface area contributed by atoms with Gasteiger partial charge in [0.1, 0.15) is 18.0 Å². The number of carbonyl (C=O) groups is 1. The van der Waals surface area contributed by atoms with Gasteiger partial charge in [-0.15, -0.1) is 0 Å². The zero-order valence-electron chi connectivity index (χ0n) is 17.4. The second kappa shape index (κ2) is 8.77. The molecule has 3 aromatic rings. The lowest BCUT2D eigenvalue weighted by molar-refractivity contribution is 0.122. The largest absolute Gasteiger partial charge is 0.378 e. The molecule has 8 heteroatoms. The number of benzene rings is 2. The number of ether oxygens (including phenoxy) is 1. The van der Waals surface area contributed by atoms with E-state index in [1.54, 1.807) is 6.33 Å². The Morgan fingerprint density at radius 1 is 0.806 bits per heavy atom. The molecule has 0 saturated carbocycles. The van der Waals surface area contributed by atoms with Crippen LogP contribution in [-0.2, 0) is 4.74 Å². The average Bonchev–Trinajstić information content (AvgIpc) is 2.85. The van der Waals surface area contributed by atoms with Crippen LogP contribution < -0.4 is 15.1 Å². The predicted molar refractivity (Wildman–Crippen MR) is 122 cm³/mol. The van der Waals surface area contributed by atoms with Gasteiger partial charge in [-0.25, -0.2) is 14.8 Å². The van der Waals surface area contributed by atoms with Crippen LogP contribution in [-0.4, -0.2) is 73.4 Å². The second-order valence-electron chi connectivity index (χ2n) is 7.80. The number of amides is 2. The topological polar surface area (TPSA) is 73.8 Å². The third kappa shape index (κ3) is 4.39. The number of hydrogen-bond acceptors (Lipinski definition) is 6. The number of carbonyl (C=O) groups excluding carboxylic acids is 1. The normalized spacial score (nSPS) is 17.1. The fourth-order valence-electron chi connectivity index (χ4n) is 4.08. The van der Waals surface area contributed by atoms with E-state index in [0.717, 1.165) is 67.5 Å². The van der Waals surface area contributed by atoms with Gasteiger partial charge in [0.05, 0.1) is 13.2 Å². The molecule has 2 amide bonds. The van der Waals surface area contributed by atoms with Gasteiger partial charge in [-0.1, -0.05) is 30.3 Å². The summed E-state index contributed by atoms with van der Waals surface area (Å²) in [5.74, 6) is 1.84. The van der Waals surface area contributed by atoms with Crippen molar-refractivity contribution >= 4 is 34.1 Å². The fourth-order valence-corrected chi connectivity index (χ4v) is 4.08. The van der Waals surface area contributed by atoms with Crippen LogP contribution >= 0.6 is 0 Å². The van der Waals surface area contributed by atoms with Crippen molar-refractivity contribution in [3.8, 4) is 0 Å². The Bertz CT molecular complexity index is 1060. The van der Waals surface area contributed by atoms with Crippen LogP contribution in [0.4, 0.5) is 22.1 Å². The Morgan fingerprint density at radius 3 is 2.23 bits per heavy atom. The van der Waals surface area contributed by atoms with Crippen molar-refractivity contribution in [2.75, 3.05) is 67.6 Å². The van der Waals surface area contributed by atoms with Crippen LogP contribution in [0.25, 0.3) is 10.8 Å². The number of fused-ring (bicyclic) bond motifs is 1. The van der Waals surface area contributed by atoms with Crippen molar-refractivity contribution in [2.45, 2.75) is 0 Å². The lowest BCUT2D eigenvalue weighted by Crippen LogP contribution is -2.50. The molecule has 2 aliphatic rings. The first-order chi connectivity index (χ1) is 15.3. The van der Waals surface area contributed by atoms with E-state index in [1.165, 1.54) is 0 Å². The lowest BCUT2D eigenvalue weighted by Gasteiger charge is -2.36. The first-order valence-corrected chi connectivity index (χ1v) is 10.7. The van der Waals surface area contributed by atoms with E-state index in [1.807, 2.05) is 41.3 Å². The van der Waals surface area contributed by atoms with E-state index < -0.39 is 0 Å². The molecule has 0 atom stereocenters. The molecule has 2 fully saturated rings. The van der Waals surface area contributed by atoms with Gasteiger partial charge in [-0.3, -0.25) is 0 Å². The average molecular weight is 419 g/mol. The maximum atomic E-state index is 12.8. The highest BCUT2D eigenvalue weighted by Gasteiger charge is 2.23. The Kier molecular flexibility index (Phi) is 5.54. The quantitative estimate of drug-likeness (QED) is 0.705. The van der Waals surface area contributed by atoms with Crippen molar-refractivity contribution in [1.82, 2.24) is 14.9 Å². The number of morpholine rings is 1. The molecule has 1 N–H and O–H groups in total. The maximum absolute atomic E-state index is 12.8. The highest BCUT2D eigenvalue weighted by atomic mass is 16.5. The summed E-state index contributed by atoms with van der Waals surface area (Å²) in [5, 5.41) is 5.31. The Hall–Kier alpha value is -3.39. The van der Waals surface area contributed by atoms with Gasteiger partial charge in [0, 0.05) is 51.0 Å². The van der Waals surface area contributed by atoms with E-state index in [4.69, 9.17) is 4.74 Å². The van der Waals surface area contributed by atoms with Crippen LogP contribution in [0.1, 0.15) is 0 Å². The molecule has 2 saturated heterocycles. The SMILES string of the molecule is O=C(Nc1ccc2ccccc2c1)N1CCN(c2cc(N3CCOCC3)ncn2)CC1. The summed E-state index contributed by atoms with van der Waals surface area (Å²) in [7, 11) is 0. The molecule has 0 bridgehead atoms. The standard InChI is InChI=1S/C23H26N6O2/c30-23(26-20-6-5-18-3-1-2-4-19(18)15-20)29-9-7-27(8-10-29)21-16-22(25-17-24-21)28-11-13-31-14-12-28/h1-6,15-17H,7-14H2,(H,26,30). The minimum absolute atomic E-state index is 0.0633. The molecular weight excluding hydrogens is 392 g/mol. The monoisotopic (exact) mass is 418 g/mol. The molecule has 2 aliphatic heterocycles. The third-order valence-electron chi connectivity index (χ3n) is 5.86. The van der Waals surface area contributed by atoms with Crippen LogP contribution in [0.3, 0.4) is 0 Å². The lowest BCUT2D eigenvalue weighted by atomic mass is 10.1. The highest BCUT2D eigenvalue weighted by molar-refractivity contribution is 5.93. The Balaban J connectivity index is 1.19. The number of anilines is 3. The minimum atomic E-state index is -0.0633. The molecule has 1 aromatic heterocycles. The van der Waals surface area contributed by atoms with E-state index in [-0.39, 0.29) is 6.03 Å². The first kappa shape index (κ1) is 19.6. The third-order valence-corrected chi connectivity index (χ3v) is 5.86. The zero-order valence-corrected chi connectivity index (χ0v) is 17.4. The van der Waals surface area contributed by atoms with Crippen LogP contribution in [0.5, 0.6) is 0 Å². The summed E-state index contributed by atoms with van der Waals surface area (Å²) in [4.78, 5) is 27.9. The summed E-state index contributed by atoms with van der Waals surface area (Å²) in [5.41, 5.74) is 0.817. The van der Waals surface area contributed by atoms with Gasteiger partial charge in [-0.05, 0) is 22.9 Å². The number of urea groups is 1. The van der Waals surface area contributed by atoms with Crippen LogP contribution in [0.15, 0.2) is 54.9 Å². The van der Waals surface area contributed by atoms with Gasteiger partial charge in [0.15, 0.2) is 0 Å². The summed E-state index contributed by atoms with van der Waals surface area (Å²) >= 11 is 0. The minimum Gasteiger partial charge on any atom is -0.378 e. The summed E-state index contributed by atoms with van der Waals surface area (Å²) in [6.07, 6.45) is 1.62. The van der Waals surface area contributed by atoms with Gasteiger partial charge in [-0.2, -0.15) is 0 Å². The number of piperazine rings is 1. The zero-order chi connectivity index (χ0) is 21.0. The van der Waals surface area contributed by atoms with E-state index in [0.29, 0.717) is 13.1 Å². The smallest absolute Gasteiger partial charge is 0.321 e. The first-order valence-electron chi connectivity index (χ1n) is 10.7. The van der Waals surface area contributed by atoms with Gasteiger partial charge >= 0.3 is 6.03 Å². The summed E-state index contributed by atoms with van der Waals surface area (Å²) in [6.45, 7) is 5.93. The molecule has 0 spiro atoms. The predicted octanol–water partition coefficient (Wildman–Crippen LogP) is 2.82. The Morgan fingerprint density at radius 2 is 1.48 bits per heavy atom. The van der Waals surface area contributed by atoms with E-state index in [2.05, 4.69) is 37.2 Å². The van der Waals surface area contributed by atoms with Gasteiger partial charge < -0.3 is 24.8 Å². The highest BCUT2D eigenvalue weighted by Crippen LogP contribution is 2.21. The van der Waals surface area contributed by atoms with Crippen molar-refractivity contribution in [3.05, 3.63) is 54.9 Å². The van der Waals surface area contributed by atoms with E-state index >= 15 is 0 Å². The molecule has 5 rings (SSSR count). The molecule has 8 nitrogen and oxygen atoms in total. The van der Waals surface area contributed by atoms with Crippen LogP contribution in [0, 0.1) is 0 Å². The molecular formula is C23H26N6O2. The summed E-state index contributed by atoms with van der Waals surface area (Å²) < 4.78 is 5.43. The van der Waals surface area contributed by atoms with Crippen molar-refractivity contribution in [1.29, 1.82) is 0 Å².